The fourth-order valence-electron chi connectivity index (χ4n) is 1.75. The third-order valence-electron chi connectivity index (χ3n) is 3.39. The minimum absolute atomic E-state index is 0.231. The van der Waals surface area contributed by atoms with Crippen LogP contribution in [-0.2, 0) is 11.3 Å². The lowest BCUT2D eigenvalue weighted by molar-refractivity contribution is 0.0268. The number of guanidine groups is 1. The van der Waals surface area contributed by atoms with E-state index in [0.29, 0.717) is 13.1 Å². The molecule has 1 aromatic carbocycles. The zero-order valence-corrected chi connectivity index (χ0v) is 13.9. The monoisotopic (exact) mass is 293 g/mol. The quantitative estimate of drug-likeness (QED) is 0.623. The highest BCUT2D eigenvalue weighted by molar-refractivity contribution is 5.79. The van der Waals surface area contributed by atoms with E-state index in [9.17, 15) is 0 Å². The molecule has 2 N–H and O–H groups in total. The molecule has 0 aliphatic carbocycles. The second-order valence-corrected chi connectivity index (χ2v) is 5.55. The van der Waals surface area contributed by atoms with E-state index >= 15 is 0 Å². The topological polar surface area (TPSA) is 54.9 Å². The molecular weight excluding hydrogens is 266 g/mol. The molecule has 0 atom stereocenters. The Kier molecular flexibility index (Phi) is 6.49. The van der Waals surface area contributed by atoms with Crippen molar-refractivity contribution in [3.8, 4) is 5.75 Å². The lowest BCUT2D eigenvalue weighted by Gasteiger charge is -2.24. The van der Waals surface area contributed by atoms with Crippen molar-refractivity contribution >= 4 is 5.96 Å². The number of benzene rings is 1. The van der Waals surface area contributed by atoms with Gasteiger partial charge in [-0.05, 0) is 38.0 Å². The van der Waals surface area contributed by atoms with Gasteiger partial charge in [0.15, 0.2) is 5.96 Å². The van der Waals surface area contributed by atoms with Gasteiger partial charge in [0, 0.05) is 27.2 Å². The number of aryl methyl sites for hydroxylation is 1. The maximum Gasteiger partial charge on any atom is 0.191 e. The molecule has 0 aromatic heterocycles. The minimum atomic E-state index is -0.231. The van der Waals surface area contributed by atoms with Crippen LogP contribution in [0.5, 0.6) is 5.75 Å². The van der Waals surface area contributed by atoms with Crippen LogP contribution < -0.4 is 15.4 Å². The van der Waals surface area contributed by atoms with Gasteiger partial charge in [0.1, 0.15) is 5.75 Å². The molecule has 5 nitrogen and oxygen atoms in total. The van der Waals surface area contributed by atoms with E-state index in [1.54, 1.807) is 21.3 Å². The Labute approximate surface area is 127 Å². The summed E-state index contributed by atoms with van der Waals surface area (Å²) >= 11 is 0. The molecule has 21 heavy (non-hydrogen) atoms. The number of methoxy groups -OCH3 is 2. The van der Waals surface area contributed by atoms with E-state index in [2.05, 4.69) is 27.8 Å². The average Bonchev–Trinajstić information content (AvgIpc) is 2.48. The van der Waals surface area contributed by atoms with E-state index in [4.69, 9.17) is 9.47 Å². The fraction of sp³-hybridized carbons (Fsp3) is 0.562. The first-order valence-electron chi connectivity index (χ1n) is 7.05. The molecule has 0 fully saturated rings. The molecule has 0 aliphatic heterocycles. The zero-order chi connectivity index (χ0) is 15.9. The molecule has 0 bridgehead atoms. The van der Waals surface area contributed by atoms with E-state index in [0.717, 1.165) is 22.8 Å². The number of hydrogen-bond donors (Lipinski definition) is 2. The number of rotatable bonds is 6. The predicted molar refractivity (Wildman–Crippen MR) is 87.0 cm³/mol. The third kappa shape index (κ3) is 5.63. The highest BCUT2D eigenvalue weighted by Crippen LogP contribution is 2.18. The smallest absolute Gasteiger partial charge is 0.191 e. The van der Waals surface area contributed by atoms with Crippen molar-refractivity contribution in [2.24, 2.45) is 4.99 Å². The van der Waals surface area contributed by atoms with Crippen molar-refractivity contribution in [1.82, 2.24) is 10.6 Å². The van der Waals surface area contributed by atoms with Crippen LogP contribution in [-0.4, -0.2) is 39.4 Å². The number of nitrogens with one attached hydrogen (secondary N) is 2. The summed E-state index contributed by atoms with van der Waals surface area (Å²) in [5.41, 5.74) is 2.04. The summed E-state index contributed by atoms with van der Waals surface area (Å²) in [5.74, 6) is 1.65. The molecule has 0 radical (unpaired) electrons. The fourth-order valence-corrected chi connectivity index (χ4v) is 1.75. The second kappa shape index (κ2) is 7.88. The first kappa shape index (κ1) is 17.3. The Morgan fingerprint density at radius 3 is 2.52 bits per heavy atom. The van der Waals surface area contributed by atoms with Crippen LogP contribution in [0.2, 0.25) is 0 Å². The van der Waals surface area contributed by atoms with Gasteiger partial charge in [-0.15, -0.1) is 0 Å². The molecule has 0 saturated carbocycles. The van der Waals surface area contributed by atoms with Crippen LogP contribution in [0.3, 0.4) is 0 Å². The van der Waals surface area contributed by atoms with Crippen molar-refractivity contribution in [2.45, 2.75) is 32.9 Å². The summed E-state index contributed by atoms with van der Waals surface area (Å²) in [6, 6.07) is 6.17. The Balaban J connectivity index is 2.56. The van der Waals surface area contributed by atoms with Gasteiger partial charge >= 0.3 is 0 Å². The summed E-state index contributed by atoms with van der Waals surface area (Å²) in [4.78, 5) is 4.21. The molecule has 0 spiro atoms. The lowest BCUT2D eigenvalue weighted by Crippen LogP contribution is -2.45. The summed E-state index contributed by atoms with van der Waals surface area (Å²) in [6.07, 6.45) is 0. The first-order valence-corrected chi connectivity index (χ1v) is 7.05. The van der Waals surface area contributed by atoms with Gasteiger partial charge in [-0.2, -0.15) is 0 Å². The van der Waals surface area contributed by atoms with Crippen molar-refractivity contribution in [3.05, 3.63) is 29.3 Å². The Morgan fingerprint density at radius 2 is 1.95 bits per heavy atom. The summed E-state index contributed by atoms with van der Waals surface area (Å²) in [6.45, 7) is 7.45. The maximum atomic E-state index is 5.38. The van der Waals surface area contributed by atoms with Gasteiger partial charge in [0.05, 0.1) is 12.7 Å². The average molecular weight is 293 g/mol. The zero-order valence-electron chi connectivity index (χ0n) is 13.9. The molecule has 0 unspecified atom stereocenters. The number of aliphatic imine (C=N–C) groups is 1. The van der Waals surface area contributed by atoms with Crippen LogP contribution in [0.25, 0.3) is 0 Å². The van der Waals surface area contributed by atoms with Crippen molar-refractivity contribution in [2.75, 3.05) is 27.8 Å². The Hall–Kier alpha value is -1.75. The highest BCUT2D eigenvalue weighted by atomic mass is 16.5. The highest BCUT2D eigenvalue weighted by Gasteiger charge is 2.16. The number of nitrogens with zero attached hydrogens (tertiary/aromatic N) is 1. The van der Waals surface area contributed by atoms with Crippen LogP contribution in [0, 0.1) is 6.92 Å². The van der Waals surface area contributed by atoms with Gasteiger partial charge in [-0.25, -0.2) is 0 Å². The van der Waals surface area contributed by atoms with Crippen LogP contribution in [0.4, 0.5) is 0 Å². The largest absolute Gasteiger partial charge is 0.496 e. The standard InChI is InChI=1S/C16H27N3O2/c1-12-7-8-13(9-14(12)20-5)10-18-15(17-4)19-11-16(2,3)21-6/h7-9H,10-11H2,1-6H3,(H2,17,18,19). The molecule has 0 aliphatic rings. The van der Waals surface area contributed by atoms with E-state index in [1.165, 1.54) is 0 Å². The molecule has 1 rings (SSSR count). The van der Waals surface area contributed by atoms with E-state index in [-0.39, 0.29) is 5.60 Å². The number of hydrogen-bond acceptors (Lipinski definition) is 3. The van der Waals surface area contributed by atoms with E-state index < -0.39 is 0 Å². The van der Waals surface area contributed by atoms with Crippen LogP contribution in [0.1, 0.15) is 25.0 Å². The first-order chi connectivity index (χ1) is 9.91. The summed E-state index contributed by atoms with van der Waals surface area (Å²) < 4.78 is 10.7. The Bertz CT molecular complexity index is 484. The maximum absolute atomic E-state index is 5.38. The van der Waals surface area contributed by atoms with E-state index in [1.807, 2.05) is 26.8 Å². The van der Waals surface area contributed by atoms with Gasteiger partial charge in [0.25, 0.3) is 0 Å². The number of ether oxygens (including phenoxy) is 2. The van der Waals surface area contributed by atoms with Gasteiger partial charge < -0.3 is 20.1 Å². The second-order valence-electron chi connectivity index (χ2n) is 5.55. The normalized spacial score (nSPS) is 12.2. The Morgan fingerprint density at radius 1 is 1.24 bits per heavy atom. The lowest BCUT2D eigenvalue weighted by atomic mass is 10.1. The van der Waals surface area contributed by atoms with Crippen molar-refractivity contribution in [1.29, 1.82) is 0 Å². The summed E-state index contributed by atoms with van der Waals surface area (Å²) in [7, 11) is 5.15. The molecule has 0 amide bonds. The van der Waals surface area contributed by atoms with Gasteiger partial charge in [-0.3, -0.25) is 4.99 Å². The molecule has 118 valence electrons. The van der Waals surface area contributed by atoms with Gasteiger partial charge in [-0.1, -0.05) is 12.1 Å². The van der Waals surface area contributed by atoms with Crippen molar-refractivity contribution in [3.63, 3.8) is 0 Å². The predicted octanol–water partition coefficient (Wildman–Crippen LogP) is 2.09. The third-order valence-corrected chi connectivity index (χ3v) is 3.39. The molecule has 0 saturated heterocycles. The van der Waals surface area contributed by atoms with Crippen LogP contribution in [0.15, 0.2) is 23.2 Å². The molecular formula is C16H27N3O2. The minimum Gasteiger partial charge on any atom is -0.496 e. The van der Waals surface area contributed by atoms with Crippen LogP contribution >= 0.6 is 0 Å². The van der Waals surface area contributed by atoms with Gasteiger partial charge in [0.2, 0.25) is 0 Å². The molecule has 0 heterocycles. The SMILES string of the molecule is CN=C(NCc1ccc(C)c(OC)c1)NCC(C)(C)OC. The molecule has 5 heteroatoms. The summed E-state index contributed by atoms with van der Waals surface area (Å²) in [5, 5.41) is 6.53. The van der Waals surface area contributed by atoms with Crippen molar-refractivity contribution < 1.29 is 9.47 Å². The molecule has 1 aromatic rings.